The molecule has 0 unspecified atom stereocenters. The summed E-state index contributed by atoms with van der Waals surface area (Å²) in [5, 5.41) is 1.04. The van der Waals surface area contributed by atoms with E-state index in [1.807, 2.05) is 6.92 Å². The molecule has 74 valence electrons. The summed E-state index contributed by atoms with van der Waals surface area (Å²) in [4.78, 5) is 0. The summed E-state index contributed by atoms with van der Waals surface area (Å²) in [6.07, 6.45) is 0. The van der Waals surface area contributed by atoms with E-state index >= 15 is 0 Å². The molecule has 1 aromatic carbocycles. The van der Waals surface area contributed by atoms with Gasteiger partial charge in [-0.3, -0.25) is 0 Å². The van der Waals surface area contributed by atoms with Crippen LogP contribution in [0.15, 0.2) is 18.2 Å². The van der Waals surface area contributed by atoms with Crippen LogP contribution in [0.25, 0.3) is 10.1 Å². The summed E-state index contributed by atoms with van der Waals surface area (Å²) in [6.45, 7) is 2.46. The van der Waals surface area contributed by atoms with Crippen LogP contribution in [0.2, 0.25) is 5.02 Å². The van der Waals surface area contributed by atoms with E-state index in [4.69, 9.17) is 16.3 Å². The van der Waals surface area contributed by atoms with E-state index in [1.165, 1.54) is 6.07 Å². The van der Waals surface area contributed by atoms with E-state index in [1.54, 1.807) is 12.1 Å². The van der Waals surface area contributed by atoms with Crippen LogP contribution < -0.4 is 4.74 Å². The first-order valence-electron chi connectivity index (χ1n) is 4.22. The minimum Gasteiger partial charge on any atom is -0.492 e. The molecule has 0 fully saturated rings. The number of ether oxygens (including phenoxy) is 1. The number of halogens is 2. The predicted molar refractivity (Wildman–Crippen MR) is 58.0 cm³/mol. The Morgan fingerprint density at radius 3 is 3.00 bits per heavy atom. The van der Waals surface area contributed by atoms with Gasteiger partial charge in [-0.15, -0.1) is 11.3 Å². The Morgan fingerprint density at radius 1 is 1.50 bits per heavy atom. The molecule has 0 saturated heterocycles. The summed E-state index contributed by atoms with van der Waals surface area (Å²) in [6, 6.07) is 4.93. The standard InChI is InChI=1S/C10H8ClFOS/c1-2-13-8-4-3-7(11)6-5-9(12)14-10(6)8/h3-5H,2H2,1H3. The van der Waals surface area contributed by atoms with Gasteiger partial charge >= 0.3 is 0 Å². The summed E-state index contributed by atoms with van der Waals surface area (Å²) in [7, 11) is 0. The van der Waals surface area contributed by atoms with E-state index in [-0.39, 0.29) is 5.13 Å². The molecule has 0 spiro atoms. The van der Waals surface area contributed by atoms with Crippen molar-refractivity contribution in [3.8, 4) is 5.75 Å². The largest absolute Gasteiger partial charge is 0.492 e. The Kier molecular flexibility index (Phi) is 2.61. The summed E-state index contributed by atoms with van der Waals surface area (Å²) in [5.41, 5.74) is 0. The normalized spacial score (nSPS) is 10.8. The van der Waals surface area contributed by atoms with Crippen molar-refractivity contribution in [3.63, 3.8) is 0 Å². The SMILES string of the molecule is CCOc1ccc(Cl)c2cc(F)sc12. The number of fused-ring (bicyclic) bond motifs is 1. The Hall–Kier alpha value is -0.800. The van der Waals surface area contributed by atoms with Crippen LogP contribution in [-0.2, 0) is 0 Å². The molecule has 0 radical (unpaired) electrons. The van der Waals surface area contributed by atoms with Crippen molar-refractivity contribution in [2.45, 2.75) is 6.92 Å². The fourth-order valence-electron chi connectivity index (χ4n) is 1.30. The molecule has 0 atom stereocenters. The van der Waals surface area contributed by atoms with E-state index in [0.29, 0.717) is 17.4 Å². The minimum absolute atomic E-state index is 0.242. The van der Waals surface area contributed by atoms with E-state index in [0.717, 1.165) is 21.4 Å². The number of rotatable bonds is 2. The fourth-order valence-corrected chi connectivity index (χ4v) is 2.45. The zero-order valence-electron chi connectivity index (χ0n) is 7.51. The molecule has 14 heavy (non-hydrogen) atoms. The maximum atomic E-state index is 13.0. The first-order valence-corrected chi connectivity index (χ1v) is 5.42. The van der Waals surface area contributed by atoms with Gasteiger partial charge in [-0.05, 0) is 25.1 Å². The second-order valence-corrected chi connectivity index (χ2v) is 4.18. The third-order valence-electron chi connectivity index (χ3n) is 1.86. The van der Waals surface area contributed by atoms with Gasteiger partial charge in [-0.2, -0.15) is 4.39 Å². The molecule has 0 aliphatic carbocycles. The molecule has 2 aromatic rings. The van der Waals surface area contributed by atoms with Crippen molar-refractivity contribution in [2.24, 2.45) is 0 Å². The van der Waals surface area contributed by atoms with Crippen LogP contribution in [-0.4, -0.2) is 6.61 Å². The highest BCUT2D eigenvalue weighted by Crippen LogP contribution is 2.37. The molecule has 1 heterocycles. The number of benzene rings is 1. The average molecular weight is 231 g/mol. The number of hydrogen-bond donors (Lipinski definition) is 0. The molecule has 0 amide bonds. The Balaban J connectivity index is 2.68. The molecule has 2 rings (SSSR count). The zero-order chi connectivity index (χ0) is 10.1. The van der Waals surface area contributed by atoms with Crippen LogP contribution in [0.4, 0.5) is 4.39 Å². The van der Waals surface area contributed by atoms with Gasteiger partial charge in [0, 0.05) is 10.4 Å². The molecular weight excluding hydrogens is 223 g/mol. The van der Waals surface area contributed by atoms with Crippen LogP contribution in [0.1, 0.15) is 6.92 Å². The van der Waals surface area contributed by atoms with Crippen molar-refractivity contribution in [1.82, 2.24) is 0 Å². The highest BCUT2D eigenvalue weighted by molar-refractivity contribution is 7.18. The third-order valence-corrected chi connectivity index (χ3v) is 3.13. The number of hydrogen-bond acceptors (Lipinski definition) is 2. The maximum absolute atomic E-state index is 13.0. The van der Waals surface area contributed by atoms with Gasteiger partial charge < -0.3 is 4.74 Å². The minimum atomic E-state index is -0.242. The lowest BCUT2D eigenvalue weighted by molar-refractivity contribution is 0.345. The topological polar surface area (TPSA) is 9.23 Å². The van der Waals surface area contributed by atoms with Crippen molar-refractivity contribution in [3.05, 3.63) is 28.4 Å². The maximum Gasteiger partial charge on any atom is 0.177 e. The molecule has 0 bridgehead atoms. The van der Waals surface area contributed by atoms with Crippen LogP contribution >= 0.6 is 22.9 Å². The molecule has 0 N–H and O–H groups in total. The summed E-state index contributed by atoms with van der Waals surface area (Å²) < 4.78 is 19.2. The highest BCUT2D eigenvalue weighted by Gasteiger charge is 2.09. The van der Waals surface area contributed by atoms with Gasteiger partial charge in [-0.25, -0.2) is 0 Å². The van der Waals surface area contributed by atoms with Gasteiger partial charge in [0.25, 0.3) is 0 Å². The molecule has 1 aromatic heterocycles. The lowest BCUT2D eigenvalue weighted by atomic mass is 10.2. The Morgan fingerprint density at radius 2 is 2.29 bits per heavy atom. The first-order chi connectivity index (χ1) is 6.72. The van der Waals surface area contributed by atoms with E-state index < -0.39 is 0 Å². The van der Waals surface area contributed by atoms with Crippen LogP contribution in [0.5, 0.6) is 5.75 Å². The highest BCUT2D eigenvalue weighted by atomic mass is 35.5. The van der Waals surface area contributed by atoms with Gasteiger partial charge in [-0.1, -0.05) is 11.6 Å². The third kappa shape index (κ3) is 1.57. The molecular formula is C10H8ClFOS. The molecule has 0 saturated carbocycles. The van der Waals surface area contributed by atoms with E-state index in [9.17, 15) is 4.39 Å². The monoisotopic (exact) mass is 230 g/mol. The first kappa shape index (κ1) is 9.74. The summed E-state index contributed by atoms with van der Waals surface area (Å²) >= 11 is 6.98. The average Bonchev–Trinajstić information content (AvgIpc) is 2.53. The van der Waals surface area contributed by atoms with Gasteiger partial charge in [0.1, 0.15) is 5.75 Å². The lowest BCUT2D eigenvalue weighted by Gasteiger charge is -2.04. The Labute approximate surface area is 90.1 Å². The fraction of sp³-hybridized carbons (Fsp3) is 0.200. The van der Waals surface area contributed by atoms with Gasteiger partial charge in [0.05, 0.1) is 11.3 Å². The molecule has 4 heteroatoms. The molecule has 0 aliphatic rings. The van der Waals surface area contributed by atoms with Crippen molar-refractivity contribution >= 4 is 33.0 Å². The lowest BCUT2D eigenvalue weighted by Crippen LogP contribution is -1.90. The smallest absolute Gasteiger partial charge is 0.177 e. The van der Waals surface area contributed by atoms with Crippen LogP contribution in [0, 0.1) is 5.13 Å². The van der Waals surface area contributed by atoms with Crippen molar-refractivity contribution in [2.75, 3.05) is 6.61 Å². The molecule has 1 nitrogen and oxygen atoms in total. The van der Waals surface area contributed by atoms with E-state index in [2.05, 4.69) is 0 Å². The summed E-state index contributed by atoms with van der Waals surface area (Å²) in [5.74, 6) is 0.695. The zero-order valence-corrected chi connectivity index (χ0v) is 9.08. The quantitative estimate of drug-likeness (QED) is 0.755. The van der Waals surface area contributed by atoms with Gasteiger partial charge in [0.2, 0.25) is 0 Å². The van der Waals surface area contributed by atoms with Crippen molar-refractivity contribution < 1.29 is 9.13 Å². The second kappa shape index (κ2) is 3.75. The van der Waals surface area contributed by atoms with Crippen LogP contribution in [0.3, 0.4) is 0 Å². The number of thiophene rings is 1. The second-order valence-electron chi connectivity index (χ2n) is 2.77. The van der Waals surface area contributed by atoms with Gasteiger partial charge in [0.15, 0.2) is 5.13 Å². The van der Waals surface area contributed by atoms with Crippen molar-refractivity contribution in [1.29, 1.82) is 0 Å². The predicted octanol–water partition coefficient (Wildman–Crippen LogP) is 4.09. The molecule has 0 aliphatic heterocycles. The Bertz CT molecular complexity index is 466.